The van der Waals surface area contributed by atoms with Gasteiger partial charge in [0, 0.05) is 6.54 Å². The average Bonchev–Trinajstić information content (AvgIpc) is 2.34. The normalized spacial score (nSPS) is 25.0. The molecule has 1 aliphatic heterocycles. The van der Waals surface area contributed by atoms with Crippen LogP contribution >= 0.6 is 12.2 Å². The van der Waals surface area contributed by atoms with E-state index in [1.807, 2.05) is 0 Å². The zero-order valence-corrected chi connectivity index (χ0v) is 6.62. The van der Waals surface area contributed by atoms with Gasteiger partial charge in [-0.3, -0.25) is 0 Å². The van der Waals surface area contributed by atoms with Crippen LogP contribution in [0.25, 0.3) is 0 Å². The average molecular weight is 160 g/mol. The van der Waals surface area contributed by atoms with Crippen molar-refractivity contribution in [3.05, 3.63) is 0 Å². The van der Waals surface area contributed by atoms with Gasteiger partial charge in [0.15, 0.2) is 0 Å². The molecule has 0 radical (unpaired) electrons. The molecule has 4 heteroatoms. The molecule has 1 fully saturated rings. The van der Waals surface area contributed by atoms with E-state index in [2.05, 4.69) is 17.5 Å². The molecule has 3 nitrogen and oxygen atoms in total. The van der Waals surface area contributed by atoms with Crippen LogP contribution in [0, 0.1) is 0 Å². The van der Waals surface area contributed by atoms with Crippen molar-refractivity contribution in [2.75, 3.05) is 19.7 Å². The molecule has 0 aromatic rings. The highest BCUT2D eigenvalue weighted by molar-refractivity contribution is 7.80. The maximum absolute atomic E-state index is 5.34. The van der Waals surface area contributed by atoms with Crippen molar-refractivity contribution < 1.29 is 4.74 Å². The summed E-state index contributed by atoms with van der Waals surface area (Å²) in [6.45, 7) is 2.40. The largest absolute Gasteiger partial charge is 0.391 e. The lowest BCUT2D eigenvalue weighted by Gasteiger charge is -2.08. The Balaban J connectivity index is 2.07. The molecular formula is C6H12N2OS. The second-order valence-electron chi connectivity index (χ2n) is 2.39. The van der Waals surface area contributed by atoms with E-state index in [1.54, 1.807) is 0 Å². The van der Waals surface area contributed by atoms with Gasteiger partial charge >= 0.3 is 0 Å². The molecule has 1 saturated heterocycles. The first-order valence-electron chi connectivity index (χ1n) is 3.39. The van der Waals surface area contributed by atoms with Gasteiger partial charge < -0.3 is 15.8 Å². The number of hydrogen-bond donors (Lipinski definition) is 2. The van der Waals surface area contributed by atoms with E-state index in [0.29, 0.717) is 17.7 Å². The van der Waals surface area contributed by atoms with Crippen LogP contribution in [0.15, 0.2) is 0 Å². The predicted molar refractivity (Wildman–Crippen MR) is 44.0 cm³/mol. The molecule has 1 heterocycles. The van der Waals surface area contributed by atoms with Crippen LogP contribution in [0.5, 0.6) is 0 Å². The fourth-order valence-corrected chi connectivity index (χ4v) is 1.04. The summed E-state index contributed by atoms with van der Waals surface area (Å²) in [6, 6.07) is 0. The summed E-state index contributed by atoms with van der Waals surface area (Å²) in [6.07, 6.45) is 1.39. The molecule has 0 bridgehead atoms. The Bertz CT molecular complexity index is 123. The number of ether oxygens (including phenoxy) is 1. The molecule has 1 unspecified atom stereocenters. The zero-order valence-electron chi connectivity index (χ0n) is 5.80. The molecule has 0 aliphatic carbocycles. The molecular weight excluding hydrogens is 148 g/mol. The Labute approximate surface area is 65.9 Å². The fraction of sp³-hybridized carbons (Fsp3) is 0.833. The molecule has 0 aromatic heterocycles. The lowest BCUT2D eigenvalue weighted by molar-refractivity contribution is 0.0977. The second-order valence-corrected chi connectivity index (χ2v) is 2.92. The van der Waals surface area contributed by atoms with E-state index >= 15 is 0 Å². The Morgan fingerprint density at radius 3 is 3.10 bits per heavy atom. The summed E-state index contributed by atoms with van der Waals surface area (Å²) in [7, 11) is 0. The SMILES string of the molecule is NC(=S)COC1CCNC1. The highest BCUT2D eigenvalue weighted by Gasteiger charge is 2.14. The van der Waals surface area contributed by atoms with Crippen LogP contribution in [0.2, 0.25) is 0 Å². The monoisotopic (exact) mass is 160 g/mol. The van der Waals surface area contributed by atoms with Crippen LogP contribution < -0.4 is 11.1 Å². The topological polar surface area (TPSA) is 47.3 Å². The summed E-state index contributed by atoms with van der Waals surface area (Å²) in [4.78, 5) is 0.437. The minimum atomic E-state index is 0.321. The Morgan fingerprint density at radius 2 is 2.60 bits per heavy atom. The van der Waals surface area contributed by atoms with E-state index in [4.69, 9.17) is 10.5 Å². The van der Waals surface area contributed by atoms with Gasteiger partial charge in [0.1, 0.15) is 0 Å². The summed E-state index contributed by atoms with van der Waals surface area (Å²) in [5.74, 6) is 0. The van der Waals surface area contributed by atoms with Crippen LogP contribution in [0.3, 0.4) is 0 Å². The zero-order chi connectivity index (χ0) is 7.40. The highest BCUT2D eigenvalue weighted by Crippen LogP contribution is 2.01. The van der Waals surface area contributed by atoms with Gasteiger partial charge in [0.25, 0.3) is 0 Å². The van der Waals surface area contributed by atoms with Gasteiger partial charge in [-0.15, -0.1) is 0 Å². The number of thiocarbonyl (C=S) groups is 1. The van der Waals surface area contributed by atoms with E-state index < -0.39 is 0 Å². The molecule has 0 saturated carbocycles. The maximum Gasteiger partial charge on any atom is 0.0989 e. The molecule has 1 rings (SSSR count). The third-order valence-electron chi connectivity index (χ3n) is 1.48. The van der Waals surface area contributed by atoms with Crippen molar-refractivity contribution >= 4 is 17.2 Å². The number of hydrogen-bond acceptors (Lipinski definition) is 3. The number of nitrogens with one attached hydrogen (secondary N) is 1. The minimum absolute atomic E-state index is 0.321. The highest BCUT2D eigenvalue weighted by atomic mass is 32.1. The van der Waals surface area contributed by atoms with Gasteiger partial charge in [0.2, 0.25) is 0 Å². The van der Waals surface area contributed by atoms with Gasteiger partial charge in [0.05, 0.1) is 17.7 Å². The molecule has 3 N–H and O–H groups in total. The van der Waals surface area contributed by atoms with Crippen molar-refractivity contribution in [1.29, 1.82) is 0 Å². The summed E-state index contributed by atoms with van der Waals surface area (Å²) >= 11 is 4.66. The molecule has 58 valence electrons. The van der Waals surface area contributed by atoms with E-state index in [1.165, 1.54) is 0 Å². The van der Waals surface area contributed by atoms with Gasteiger partial charge in [-0.1, -0.05) is 12.2 Å². The quantitative estimate of drug-likeness (QED) is 0.554. The second kappa shape index (κ2) is 3.85. The van der Waals surface area contributed by atoms with Gasteiger partial charge in [-0.2, -0.15) is 0 Å². The fourth-order valence-electron chi connectivity index (χ4n) is 0.970. The first kappa shape index (κ1) is 7.91. The van der Waals surface area contributed by atoms with Crippen molar-refractivity contribution in [3.63, 3.8) is 0 Å². The van der Waals surface area contributed by atoms with E-state index in [0.717, 1.165) is 19.5 Å². The Kier molecular flexibility index (Phi) is 3.05. The van der Waals surface area contributed by atoms with Gasteiger partial charge in [-0.25, -0.2) is 0 Å². The van der Waals surface area contributed by atoms with Crippen molar-refractivity contribution in [3.8, 4) is 0 Å². The lowest BCUT2D eigenvalue weighted by Crippen LogP contribution is -2.23. The Morgan fingerprint density at radius 1 is 1.80 bits per heavy atom. The third-order valence-corrected chi connectivity index (χ3v) is 1.59. The number of rotatable bonds is 3. The smallest absolute Gasteiger partial charge is 0.0989 e. The minimum Gasteiger partial charge on any atom is -0.391 e. The van der Waals surface area contributed by atoms with Crippen LogP contribution in [0.1, 0.15) is 6.42 Å². The maximum atomic E-state index is 5.34. The number of nitrogens with two attached hydrogens (primary N) is 1. The predicted octanol–water partition coefficient (Wildman–Crippen LogP) is -0.349. The van der Waals surface area contributed by atoms with Crippen LogP contribution in [0.4, 0.5) is 0 Å². The lowest BCUT2D eigenvalue weighted by atomic mass is 10.3. The molecule has 0 spiro atoms. The van der Waals surface area contributed by atoms with Crippen LogP contribution in [-0.4, -0.2) is 30.8 Å². The third kappa shape index (κ3) is 2.60. The van der Waals surface area contributed by atoms with E-state index in [9.17, 15) is 0 Å². The molecule has 10 heavy (non-hydrogen) atoms. The first-order valence-corrected chi connectivity index (χ1v) is 3.80. The standard InChI is InChI=1S/C6H12N2OS/c7-6(10)4-9-5-1-2-8-3-5/h5,8H,1-4H2,(H2,7,10). The summed E-state index contributed by atoms with van der Waals surface area (Å²) in [5.41, 5.74) is 5.26. The van der Waals surface area contributed by atoms with Crippen LogP contribution in [-0.2, 0) is 4.74 Å². The van der Waals surface area contributed by atoms with Crippen molar-refractivity contribution in [2.45, 2.75) is 12.5 Å². The first-order chi connectivity index (χ1) is 4.79. The summed E-state index contributed by atoms with van der Waals surface area (Å²) in [5, 5.41) is 3.19. The Hall–Kier alpha value is -0.190. The molecule has 0 amide bonds. The van der Waals surface area contributed by atoms with E-state index in [-0.39, 0.29) is 0 Å². The molecule has 0 aromatic carbocycles. The summed E-state index contributed by atoms with van der Waals surface area (Å²) < 4.78 is 5.34. The van der Waals surface area contributed by atoms with Crippen molar-refractivity contribution in [1.82, 2.24) is 5.32 Å². The molecule has 1 atom stereocenters. The van der Waals surface area contributed by atoms with Gasteiger partial charge in [-0.05, 0) is 13.0 Å². The molecule has 1 aliphatic rings. The van der Waals surface area contributed by atoms with Crippen molar-refractivity contribution in [2.24, 2.45) is 5.73 Å².